The Labute approximate surface area is 190 Å². The molecule has 4 aromatic rings. The van der Waals surface area contributed by atoms with Gasteiger partial charge in [-0.2, -0.15) is 5.10 Å². The van der Waals surface area contributed by atoms with Crippen LogP contribution in [-0.4, -0.2) is 49.5 Å². The van der Waals surface area contributed by atoms with E-state index in [0.717, 1.165) is 30.5 Å². The van der Waals surface area contributed by atoms with Gasteiger partial charge in [0.25, 0.3) is 5.91 Å². The maximum atomic E-state index is 13.3. The Balaban J connectivity index is 1.55. The molecule has 1 aliphatic rings. The summed E-state index contributed by atoms with van der Waals surface area (Å²) in [5.41, 5.74) is 10.2. The van der Waals surface area contributed by atoms with Crippen molar-refractivity contribution >= 4 is 23.2 Å². The molecule has 1 aromatic carbocycles. The van der Waals surface area contributed by atoms with E-state index in [2.05, 4.69) is 10.1 Å². The molecule has 1 aliphatic heterocycles. The fraction of sp³-hybridized carbons (Fsp3) is 0.250. The summed E-state index contributed by atoms with van der Waals surface area (Å²) in [6.07, 6.45) is 6.56. The molecule has 0 aliphatic carbocycles. The fourth-order valence-electron chi connectivity index (χ4n) is 4.26. The number of fused-ring (bicyclic) bond motifs is 1. The van der Waals surface area contributed by atoms with Crippen LogP contribution in [0.3, 0.4) is 0 Å². The average molecular weight is 447 g/mol. The molecule has 3 aromatic heterocycles. The normalized spacial score (nSPS) is 16.4. The van der Waals surface area contributed by atoms with Crippen molar-refractivity contribution in [3.63, 3.8) is 0 Å². The zero-order valence-corrected chi connectivity index (χ0v) is 18.2. The van der Waals surface area contributed by atoms with E-state index in [0.29, 0.717) is 35.6 Å². The Bertz CT molecular complexity index is 1270. The smallest absolute Gasteiger partial charge is 0.254 e. The zero-order chi connectivity index (χ0) is 22.1. The number of nitrogens with two attached hydrogens (primary N) is 1. The number of benzene rings is 1. The molecule has 0 unspecified atom stereocenters. The number of likely N-dealkylation sites (tertiary alicyclic amines) is 1. The number of pyridine rings is 1. The van der Waals surface area contributed by atoms with Gasteiger partial charge in [-0.15, -0.1) is 0 Å². The lowest BCUT2D eigenvalue weighted by atomic mass is 10.0. The number of nitrogens with zero attached hydrogens (tertiary/aromatic N) is 5. The SMILES string of the molecule is NC[C@@H]1CCCCN1C(=O)c1cc(Cl)nc(-c2cnn3ccc(-c4ccccc4)nc23)c1. The van der Waals surface area contributed by atoms with Gasteiger partial charge >= 0.3 is 0 Å². The summed E-state index contributed by atoms with van der Waals surface area (Å²) in [6.45, 7) is 1.16. The summed E-state index contributed by atoms with van der Waals surface area (Å²) in [5.74, 6) is -0.0693. The summed E-state index contributed by atoms with van der Waals surface area (Å²) < 4.78 is 1.70. The van der Waals surface area contributed by atoms with Crippen molar-refractivity contribution in [2.75, 3.05) is 13.1 Å². The summed E-state index contributed by atoms with van der Waals surface area (Å²) in [6, 6.07) is 15.3. The van der Waals surface area contributed by atoms with Crippen molar-refractivity contribution in [3.8, 4) is 22.5 Å². The second-order valence-electron chi connectivity index (χ2n) is 7.95. The lowest BCUT2D eigenvalue weighted by Crippen LogP contribution is -2.47. The van der Waals surface area contributed by atoms with Gasteiger partial charge in [-0.25, -0.2) is 14.5 Å². The van der Waals surface area contributed by atoms with Gasteiger partial charge in [0.2, 0.25) is 0 Å². The van der Waals surface area contributed by atoms with Gasteiger partial charge in [0.15, 0.2) is 5.65 Å². The number of carbonyl (C=O) groups excluding carboxylic acids is 1. The molecular weight excluding hydrogens is 424 g/mol. The number of aromatic nitrogens is 4. The highest BCUT2D eigenvalue weighted by Crippen LogP contribution is 2.28. The number of amides is 1. The van der Waals surface area contributed by atoms with Gasteiger partial charge in [0, 0.05) is 36.5 Å². The number of carbonyl (C=O) groups is 1. The van der Waals surface area contributed by atoms with Crippen molar-refractivity contribution in [2.24, 2.45) is 5.73 Å². The predicted octanol–water partition coefficient (Wildman–Crippen LogP) is 4.07. The molecule has 1 fully saturated rings. The van der Waals surface area contributed by atoms with Gasteiger partial charge in [0.1, 0.15) is 5.15 Å². The molecule has 0 saturated carbocycles. The van der Waals surface area contributed by atoms with Crippen LogP contribution < -0.4 is 5.73 Å². The minimum atomic E-state index is -0.0693. The van der Waals surface area contributed by atoms with Gasteiger partial charge in [-0.05, 0) is 37.5 Å². The van der Waals surface area contributed by atoms with Gasteiger partial charge in [-0.3, -0.25) is 4.79 Å². The van der Waals surface area contributed by atoms with Crippen LogP contribution in [0.1, 0.15) is 29.6 Å². The molecule has 7 nitrogen and oxygen atoms in total. The Morgan fingerprint density at radius 2 is 1.94 bits per heavy atom. The third-order valence-electron chi connectivity index (χ3n) is 5.92. The number of rotatable bonds is 4. The summed E-state index contributed by atoms with van der Waals surface area (Å²) in [4.78, 5) is 24.4. The maximum Gasteiger partial charge on any atom is 0.254 e. The molecular formula is C24H23ClN6O. The molecule has 1 saturated heterocycles. The first-order valence-electron chi connectivity index (χ1n) is 10.7. The number of piperidine rings is 1. The molecule has 4 heterocycles. The standard InChI is InChI=1S/C24H23ClN6O/c25-22-13-17(24(32)30-10-5-4-8-18(30)14-26)12-21(28-22)19-15-27-31-11-9-20(29-23(19)31)16-6-2-1-3-7-16/h1-3,6-7,9,11-13,15,18H,4-5,8,10,14,26H2/t18-/m0/s1. The first-order valence-corrected chi connectivity index (χ1v) is 11.1. The van der Waals surface area contributed by atoms with Crippen LogP contribution in [0, 0.1) is 0 Å². The first kappa shape index (κ1) is 20.6. The Morgan fingerprint density at radius 1 is 1.09 bits per heavy atom. The van der Waals surface area contributed by atoms with Crippen molar-refractivity contribution in [1.82, 2.24) is 24.5 Å². The van der Waals surface area contributed by atoms with Crippen LogP contribution in [0.4, 0.5) is 0 Å². The molecule has 1 atom stereocenters. The summed E-state index contributed by atoms with van der Waals surface area (Å²) in [7, 11) is 0. The zero-order valence-electron chi connectivity index (χ0n) is 17.5. The third-order valence-corrected chi connectivity index (χ3v) is 6.11. The monoisotopic (exact) mass is 446 g/mol. The minimum absolute atomic E-state index is 0.0544. The van der Waals surface area contributed by atoms with Crippen LogP contribution in [-0.2, 0) is 0 Å². The molecule has 32 heavy (non-hydrogen) atoms. The van der Waals surface area contributed by atoms with Gasteiger partial charge in [-0.1, -0.05) is 41.9 Å². The van der Waals surface area contributed by atoms with Crippen molar-refractivity contribution < 1.29 is 4.79 Å². The number of hydrogen-bond acceptors (Lipinski definition) is 5. The van der Waals surface area contributed by atoms with E-state index >= 15 is 0 Å². The molecule has 0 radical (unpaired) electrons. The van der Waals surface area contributed by atoms with Crippen LogP contribution in [0.15, 0.2) is 60.9 Å². The molecule has 0 spiro atoms. The molecule has 2 N–H and O–H groups in total. The van der Waals surface area contributed by atoms with E-state index in [1.165, 1.54) is 0 Å². The third kappa shape index (κ3) is 3.85. The Kier molecular flexibility index (Phi) is 5.59. The fourth-order valence-corrected chi connectivity index (χ4v) is 4.47. The topological polar surface area (TPSA) is 89.4 Å². The van der Waals surface area contributed by atoms with Crippen molar-refractivity contribution in [2.45, 2.75) is 25.3 Å². The van der Waals surface area contributed by atoms with Gasteiger partial charge < -0.3 is 10.6 Å². The number of hydrogen-bond donors (Lipinski definition) is 1. The minimum Gasteiger partial charge on any atom is -0.334 e. The highest BCUT2D eigenvalue weighted by Gasteiger charge is 2.27. The first-order chi connectivity index (χ1) is 15.6. The summed E-state index contributed by atoms with van der Waals surface area (Å²) >= 11 is 6.34. The maximum absolute atomic E-state index is 13.3. The highest BCUT2D eigenvalue weighted by molar-refractivity contribution is 6.30. The molecule has 1 amide bonds. The second kappa shape index (κ2) is 8.68. The molecule has 162 valence electrons. The van der Waals surface area contributed by atoms with Crippen LogP contribution in [0.25, 0.3) is 28.2 Å². The lowest BCUT2D eigenvalue weighted by molar-refractivity contribution is 0.0623. The average Bonchev–Trinajstić information content (AvgIpc) is 3.27. The summed E-state index contributed by atoms with van der Waals surface area (Å²) in [5, 5.41) is 4.66. The lowest BCUT2D eigenvalue weighted by Gasteiger charge is -2.35. The van der Waals surface area contributed by atoms with E-state index in [1.807, 2.05) is 47.5 Å². The van der Waals surface area contributed by atoms with Crippen molar-refractivity contribution in [1.29, 1.82) is 0 Å². The molecule has 5 rings (SSSR count). The molecule has 8 heteroatoms. The Hall–Kier alpha value is -3.29. The van der Waals surface area contributed by atoms with E-state index in [4.69, 9.17) is 22.3 Å². The second-order valence-corrected chi connectivity index (χ2v) is 8.34. The van der Waals surface area contributed by atoms with E-state index in [-0.39, 0.29) is 17.1 Å². The van der Waals surface area contributed by atoms with Crippen molar-refractivity contribution in [3.05, 3.63) is 71.6 Å². The predicted molar refractivity (Wildman–Crippen MR) is 124 cm³/mol. The quantitative estimate of drug-likeness (QED) is 0.477. The van der Waals surface area contributed by atoms with Gasteiger partial charge in [0.05, 0.1) is 23.1 Å². The Morgan fingerprint density at radius 3 is 2.75 bits per heavy atom. The molecule has 0 bridgehead atoms. The van der Waals surface area contributed by atoms with E-state index in [9.17, 15) is 4.79 Å². The number of halogens is 1. The largest absolute Gasteiger partial charge is 0.334 e. The van der Waals surface area contributed by atoms with Crippen LogP contribution in [0.5, 0.6) is 0 Å². The van der Waals surface area contributed by atoms with Crippen LogP contribution in [0.2, 0.25) is 5.15 Å². The highest BCUT2D eigenvalue weighted by atomic mass is 35.5. The van der Waals surface area contributed by atoms with E-state index in [1.54, 1.807) is 22.8 Å². The van der Waals surface area contributed by atoms with E-state index < -0.39 is 0 Å². The van der Waals surface area contributed by atoms with Crippen LogP contribution >= 0.6 is 11.6 Å².